The molecule has 0 saturated heterocycles. The fourth-order valence-corrected chi connectivity index (χ4v) is 1.08. The summed E-state index contributed by atoms with van der Waals surface area (Å²) in [5.41, 5.74) is 5.62. The molecular weight excluding hydrogens is 164 g/mol. The summed E-state index contributed by atoms with van der Waals surface area (Å²) in [6.07, 6.45) is 0.135. The first-order valence-corrected chi connectivity index (χ1v) is 4.94. The van der Waals surface area contributed by atoms with Gasteiger partial charge in [-0.3, -0.25) is 0 Å². The highest BCUT2D eigenvalue weighted by atomic mass is 16.5. The number of nitrogens with two attached hydrogens (primary N) is 1. The highest BCUT2D eigenvalue weighted by Crippen LogP contribution is 2.11. The highest BCUT2D eigenvalue weighted by Gasteiger charge is 2.29. The molecule has 2 atom stereocenters. The summed E-state index contributed by atoms with van der Waals surface area (Å²) in [4.78, 5) is 0. The molecule has 0 aromatic rings. The van der Waals surface area contributed by atoms with Crippen molar-refractivity contribution in [1.29, 1.82) is 0 Å². The summed E-state index contributed by atoms with van der Waals surface area (Å²) in [5.74, 6) is 0.634. The van der Waals surface area contributed by atoms with Crippen molar-refractivity contribution in [3.8, 4) is 0 Å². The smallest absolute Gasteiger partial charge is 0.0734 e. The number of rotatable bonds is 6. The van der Waals surface area contributed by atoms with E-state index in [-0.39, 0.29) is 11.6 Å². The maximum atomic E-state index is 5.73. The molecule has 0 aliphatic carbocycles. The van der Waals surface area contributed by atoms with Gasteiger partial charge in [0.25, 0.3) is 0 Å². The quantitative estimate of drug-likeness (QED) is 0.653. The van der Waals surface area contributed by atoms with Crippen LogP contribution in [0, 0.1) is 5.92 Å². The van der Waals surface area contributed by atoms with Crippen molar-refractivity contribution in [3.05, 3.63) is 0 Å². The largest absolute Gasteiger partial charge is 0.380 e. The van der Waals surface area contributed by atoms with Crippen molar-refractivity contribution in [2.24, 2.45) is 11.7 Å². The topological polar surface area (TPSA) is 47.3 Å². The Kier molecular flexibility index (Phi) is 5.53. The third kappa shape index (κ3) is 4.07. The average Bonchev–Trinajstić information content (AvgIpc) is 2.12. The lowest BCUT2D eigenvalue weighted by Crippen LogP contribution is -2.57. The van der Waals surface area contributed by atoms with E-state index in [4.69, 9.17) is 10.5 Å². The van der Waals surface area contributed by atoms with Gasteiger partial charge in [0, 0.05) is 13.7 Å². The zero-order valence-electron chi connectivity index (χ0n) is 9.55. The van der Waals surface area contributed by atoms with Crippen molar-refractivity contribution in [2.75, 3.05) is 20.2 Å². The highest BCUT2D eigenvalue weighted by molar-refractivity contribution is 4.90. The first-order chi connectivity index (χ1) is 5.96. The predicted molar refractivity (Wildman–Crippen MR) is 56.8 cm³/mol. The van der Waals surface area contributed by atoms with Crippen molar-refractivity contribution in [1.82, 2.24) is 5.32 Å². The van der Waals surface area contributed by atoms with Crippen LogP contribution in [0.2, 0.25) is 0 Å². The molecule has 0 bridgehead atoms. The Morgan fingerprint density at radius 1 is 1.38 bits per heavy atom. The van der Waals surface area contributed by atoms with Crippen LogP contribution in [0.25, 0.3) is 0 Å². The minimum Gasteiger partial charge on any atom is -0.380 e. The Morgan fingerprint density at radius 3 is 2.23 bits per heavy atom. The van der Waals surface area contributed by atoms with E-state index < -0.39 is 0 Å². The van der Waals surface area contributed by atoms with Crippen molar-refractivity contribution < 1.29 is 4.74 Å². The second-order valence-corrected chi connectivity index (χ2v) is 4.27. The molecule has 2 unspecified atom stereocenters. The van der Waals surface area contributed by atoms with Gasteiger partial charge in [0.05, 0.1) is 11.6 Å². The van der Waals surface area contributed by atoms with Gasteiger partial charge in [-0.2, -0.15) is 0 Å². The van der Waals surface area contributed by atoms with Crippen LogP contribution in [-0.4, -0.2) is 31.8 Å². The van der Waals surface area contributed by atoms with Gasteiger partial charge in [-0.15, -0.1) is 0 Å². The van der Waals surface area contributed by atoms with Crippen LogP contribution in [-0.2, 0) is 4.74 Å². The van der Waals surface area contributed by atoms with E-state index in [1.807, 2.05) is 6.92 Å². The maximum Gasteiger partial charge on any atom is 0.0734 e. The third-order valence-electron chi connectivity index (χ3n) is 2.59. The Labute approximate surface area is 82.0 Å². The second-order valence-electron chi connectivity index (χ2n) is 4.27. The molecule has 0 aromatic carbocycles. The molecule has 0 spiro atoms. The van der Waals surface area contributed by atoms with E-state index in [1.165, 1.54) is 0 Å². The number of hydrogen-bond donors (Lipinski definition) is 2. The Hall–Kier alpha value is -0.120. The van der Waals surface area contributed by atoms with E-state index in [1.54, 1.807) is 7.11 Å². The van der Waals surface area contributed by atoms with Crippen LogP contribution in [0.3, 0.4) is 0 Å². The molecule has 0 aliphatic rings. The number of ether oxygens (including phenoxy) is 1. The lowest BCUT2D eigenvalue weighted by Gasteiger charge is -2.35. The minimum absolute atomic E-state index is 0.112. The molecule has 80 valence electrons. The molecule has 3 heteroatoms. The average molecular weight is 188 g/mol. The van der Waals surface area contributed by atoms with Gasteiger partial charge >= 0.3 is 0 Å². The van der Waals surface area contributed by atoms with E-state index in [2.05, 4.69) is 26.1 Å². The van der Waals surface area contributed by atoms with Crippen LogP contribution in [0.15, 0.2) is 0 Å². The van der Waals surface area contributed by atoms with Crippen LogP contribution in [0.1, 0.15) is 27.7 Å². The van der Waals surface area contributed by atoms with E-state index >= 15 is 0 Å². The van der Waals surface area contributed by atoms with Crippen LogP contribution >= 0.6 is 0 Å². The first kappa shape index (κ1) is 12.9. The van der Waals surface area contributed by atoms with Crippen LogP contribution < -0.4 is 11.1 Å². The van der Waals surface area contributed by atoms with Gasteiger partial charge in [0.15, 0.2) is 0 Å². The van der Waals surface area contributed by atoms with E-state index in [0.717, 1.165) is 6.54 Å². The van der Waals surface area contributed by atoms with E-state index in [0.29, 0.717) is 12.5 Å². The fraction of sp³-hybridized carbons (Fsp3) is 1.00. The lowest BCUT2D eigenvalue weighted by atomic mass is 9.95. The van der Waals surface area contributed by atoms with Gasteiger partial charge in [0.2, 0.25) is 0 Å². The Balaban J connectivity index is 4.11. The minimum atomic E-state index is -0.112. The molecule has 3 nitrogen and oxygen atoms in total. The lowest BCUT2D eigenvalue weighted by molar-refractivity contribution is 0.0407. The zero-order chi connectivity index (χ0) is 10.5. The SMILES string of the molecule is COC(C)C(C)(CN)NCC(C)C. The van der Waals surface area contributed by atoms with Crippen LogP contribution in [0.4, 0.5) is 0 Å². The third-order valence-corrected chi connectivity index (χ3v) is 2.59. The summed E-state index contributed by atoms with van der Waals surface area (Å²) < 4.78 is 5.30. The number of hydrogen-bond acceptors (Lipinski definition) is 3. The maximum absolute atomic E-state index is 5.73. The number of methoxy groups -OCH3 is 1. The van der Waals surface area contributed by atoms with Crippen LogP contribution in [0.5, 0.6) is 0 Å². The van der Waals surface area contributed by atoms with Gasteiger partial charge in [-0.05, 0) is 26.3 Å². The summed E-state index contributed by atoms with van der Waals surface area (Å²) in [5, 5.41) is 3.45. The molecule has 0 heterocycles. The van der Waals surface area contributed by atoms with E-state index in [9.17, 15) is 0 Å². The Bertz CT molecular complexity index is 139. The van der Waals surface area contributed by atoms with Gasteiger partial charge in [-0.25, -0.2) is 0 Å². The summed E-state index contributed by atoms with van der Waals surface area (Å²) in [6.45, 7) is 10.1. The fourth-order valence-electron chi connectivity index (χ4n) is 1.08. The van der Waals surface area contributed by atoms with Gasteiger partial charge in [-0.1, -0.05) is 13.8 Å². The molecule has 0 rings (SSSR count). The van der Waals surface area contributed by atoms with Crippen molar-refractivity contribution in [3.63, 3.8) is 0 Å². The van der Waals surface area contributed by atoms with Gasteiger partial charge in [0.1, 0.15) is 0 Å². The molecule has 0 saturated carbocycles. The first-order valence-electron chi connectivity index (χ1n) is 4.94. The molecule has 0 radical (unpaired) electrons. The molecule has 0 amide bonds. The predicted octanol–water partition coefficient (Wildman–Crippen LogP) is 0.984. The Morgan fingerprint density at radius 2 is 1.92 bits per heavy atom. The molecule has 13 heavy (non-hydrogen) atoms. The number of nitrogens with one attached hydrogen (secondary N) is 1. The molecule has 0 aliphatic heterocycles. The molecular formula is C10H24N2O. The summed E-state index contributed by atoms with van der Waals surface area (Å²) in [6, 6.07) is 0. The molecule has 0 fully saturated rings. The van der Waals surface area contributed by atoms with Crippen molar-refractivity contribution in [2.45, 2.75) is 39.3 Å². The second kappa shape index (κ2) is 5.58. The molecule has 3 N–H and O–H groups in total. The molecule has 0 aromatic heterocycles. The monoisotopic (exact) mass is 188 g/mol. The summed E-state index contributed by atoms with van der Waals surface area (Å²) in [7, 11) is 1.72. The summed E-state index contributed by atoms with van der Waals surface area (Å²) >= 11 is 0. The van der Waals surface area contributed by atoms with Gasteiger partial charge < -0.3 is 15.8 Å². The zero-order valence-corrected chi connectivity index (χ0v) is 9.55. The van der Waals surface area contributed by atoms with Crippen molar-refractivity contribution >= 4 is 0 Å². The normalized spacial score (nSPS) is 18.7. The standard InChI is InChI=1S/C10H24N2O/c1-8(2)6-12-10(4,7-11)9(3)13-5/h8-9,12H,6-7,11H2,1-5H3.